The SMILES string of the molecule is COc1ccc([C@@H](C)N2C[C@H]([C@@H](C)Oc3cc(Br)cn4ncc(CN=O)c34)CC2=O)cc1. The highest BCUT2D eigenvalue weighted by atomic mass is 79.9. The Balaban J connectivity index is 1.51. The van der Waals surface area contributed by atoms with E-state index in [-0.39, 0.29) is 30.5 Å². The molecule has 32 heavy (non-hydrogen) atoms. The summed E-state index contributed by atoms with van der Waals surface area (Å²) in [6.45, 7) is 4.64. The molecular formula is C23H25BrN4O4. The summed E-state index contributed by atoms with van der Waals surface area (Å²) in [4.78, 5) is 25.6. The van der Waals surface area contributed by atoms with Crippen molar-refractivity contribution in [3.63, 3.8) is 0 Å². The molecule has 1 aliphatic heterocycles. The van der Waals surface area contributed by atoms with E-state index in [0.29, 0.717) is 29.8 Å². The monoisotopic (exact) mass is 500 g/mol. The molecule has 0 aliphatic carbocycles. The zero-order valence-electron chi connectivity index (χ0n) is 18.2. The van der Waals surface area contributed by atoms with Crippen LogP contribution in [0.4, 0.5) is 0 Å². The Kier molecular flexibility index (Phi) is 6.45. The third kappa shape index (κ3) is 4.34. The Morgan fingerprint density at radius 3 is 2.72 bits per heavy atom. The van der Waals surface area contributed by atoms with Crippen LogP contribution >= 0.6 is 15.9 Å². The topological polar surface area (TPSA) is 85.5 Å². The number of hydrogen-bond donors (Lipinski definition) is 0. The first kappa shape index (κ1) is 22.3. The van der Waals surface area contributed by atoms with Gasteiger partial charge in [-0.15, -0.1) is 0 Å². The van der Waals surface area contributed by atoms with Gasteiger partial charge >= 0.3 is 0 Å². The Bertz CT molecular complexity index is 1130. The Morgan fingerprint density at radius 1 is 1.28 bits per heavy atom. The number of carbonyl (C=O) groups is 1. The number of methoxy groups -OCH3 is 1. The van der Waals surface area contributed by atoms with Gasteiger partial charge in [0.2, 0.25) is 5.91 Å². The number of likely N-dealkylation sites (tertiary alicyclic amines) is 1. The number of halogens is 1. The highest BCUT2D eigenvalue weighted by Gasteiger charge is 2.37. The number of hydrogen-bond acceptors (Lipinski definition) is 6. The fourth-order valence-corrected chi connectivity index (χ4v) is 4.60. The maximum absolute atomic E-state index is 12.8. The lowest BCUT2D eigenvalue weighted by atomic mass is 10.0. The van der Waals surface area contributed by atoms with Crippen LogP contribution in [0.3, 0.4) is 0 Å². The zero-order valence-corrected chi connectivity index (χ0v) is 19.8. The third-order valence-corrected chi connectivity index (χ3v) is 6.52. The molecular weight excluding hydrogens is 476 g/mol. The first-order valence-electron chi connectivity index (χ1n) is 10.5. The molecule has 0 unspecified atom stereocenters. The van der Waals surface area contributed by atoms with Crippen molar-refractivity contribution in [2.75, 3.05) is 13.7 Å². The van der Waals surface area contributed by atoms with Gasteiger partial charge in [-0.2, -0.15) is 10.0 Å². The van der Waals surface area contributed by atoms with Crippen molar-refractivity contribution in [1.29, 1.82) is 0 Å². The minimum Gasteiger partial charge on any atom is -0.497 e. The van der Waals surface area contributed by atoms with Crippen LogP contribution in [0.5, 0.6) is 11.5 Å². The van der Waals surface area contributed by atoms with Gasteiger partial charge in [-0.05, 0) is 53.5 Å². The quantitative estimate of drug-likeness (QED) is 0.416. The molecule has 1 aromatic carbocycles. The van der Waals surface area contributed by atoms with E-state index in [9.17, 15) is 9.70 Å². The minimum atomic E-state index is -0.211. The summed E-state index contributed by atoms with van der Waals surface area (Å²) in [6.07, 6.45) is 3.64. The Hall–Kier alpha value is -2.94. The molecule has 2 aromatic heterocycles. The molecule has 1 saturated heterocycles. The highest BCUT2D eigenvalue weighted by molar-refractivity contribution is 9.10. The van der Waals surface area contributed by atoms with E-state index in [4.69, 9.17) is 9.47 Å². The van der Waals surface area contributed by atoms with Gasteiger partial charge in [0.25, 0.3) is 0 Å². The first-order chi connectivity index (χ1) is 15.4. The van der Waals surface area contributed by atoms with Crippen LogP contribution in [-0.2, 0) is 11.3 Å². The number of nitroso groups, excluding NO2 is 1. The van der Waals surface area contributed by atoms with Crippen molar-refractivity contribution in [3.05, 3.63) is 63.2 Å². The maximum atomic E-state index is 12.8. The van der Waals surface area contributed by atoms with Gasteiger partial charge in [0.05, 0.1) is 19.3 Å². The van der Waals surface area contributed by atoms with E-state index in [1.807, 2.05) is 49.1 Å². The second-order valence-corrected chi connectivity index (χ2v) is 8.97. The van der Waals surface area contributed by atoms with Crippen LogP contribution < -0.4 is 9.47 Å². The van der Waals surface area contributed by atoms with E-state index >= 15 is 0 Å². The second kappa shape index (κ2) is 9.28. The van der Waals surface area contributed by atoms with Crippen LogP contribution in [0.1, 0.15) is 37.4 Å². The van der Waals surface area contributed by atoms with Crippen molar-refractivity contribution >= 4 is 27.4 Å². The van der Waals surface area contributed by atoms with Crippen LogP contribution in [0.15, 0.2) is 52.4 Å². The predicted octanol–water partition coefficient (Wildman–Crippen LogP) is 4.75. The van der Waals surface area contributed by atoms with Crippen LogP contribution in [0.25, 0.3) is 5.52 Å². The molecule has 1 amide bonds. The van der Waals surface area contributed by atoms with E-state index in [2.05, 4.69) is 26.2 Å². The molecule has 3 heterocycles. The molecule has 0 spiro atoms. The average molecular weight is 501 g/mol. The lowest BCUT2D eigenvalue weighted by Gasteiger charge is -2.27. The van der Waals surface area contributed by atoms with E-state index in [1.54, 1.807) is 24.0 Å². The van der Waals surface area contributed by atoms with Gasteiger partial charge < -0.3 is 14.4 Å². The molecule has 3 aromatic rings. The Labute approximate surface area is 194 Å². The van der Waals surface area contributed by atoms with E-state index < -0.39 is 0 Å². The predicted molar refractivity (Wildman–Crippen MR) is 124 cm³/mol. The fraction of sp³-hybridized carbons (Fsp3) is 0.391. The van der Waals surface area contributed by atoms with Gasteiger partial charge in [0.1, 0.15) is 29.7 Å². The molecule has 0 saturated carbocycles. The lowest BCUT2D eigenvalue weighted by molar-refractivity contribution is -0.129. The summed E-state index contributed by atoms with van der Waals surface area (Å²) in [5, 5.41) is 7.29. The largest absolute Gasteiger partial charge is 0.497 e. The molecule has 4 rings (SSSR count). The number of fused-ring (bicyclic) bond motifs is 1. The van der Waals surface area contributed by atoms with Gasteiger partial charge in [0.15, 0.2) is 0 Å². The lowest BCUT2D eigenvalue weighted by Crippen LogP contribution is -2.31. The Morgan fingerprint density at radius 2 is 2.03 bits per heavy atom. The third-order valence-electron chi connectivity index (χ3n) is 6.08. The van der Waals surface area contributed by atoms with E-state index in [1.165, 1.54) is 0 Å². The fourth-order valence-electron chi connectivity index (χ4n) is 4.20. The summed E-state index contributed by atoms with van der Waals surface area (Å²) in [7, 11) is 1.63. The molecule has 0 N–H and O–H groups in total. The van der Waals surface area contributed by atoms with Gasteiger partial charge in [-0.3, -0.25) is 4.79 Å². The number of amides is 1. The van der Waals surface area contributed by atoms with Crippen molar-refractivity contribution < 1.29 is 14.3 Å². The number of rotatable bonds is 8. The zero-order chi connectivity index (χ0) is 22.8. The van der Waals surface area contributed by atoms with Gasteiger partial charge in [-0.25, -0.2) is 4.52 Å². The van der Waals surface area contributed by atoms with Crippen molar-refractivity contribution in [2.45, 2.75) is 39.0 Å². The number of aromatic nitrogens is 2. The van der Waals surface area contributed by atoms with Crippen LogP contribution in [0, 0.1) is 10.8 Å². The standard InChI is InChI=1S/C23H25BrN4O4/c1-14(16-4-6-20(31-3)7-5-16)27-12-17(8-22(27)29)15(2)32-21-9-19(24)13-28-23(21)18(10-25-28)11-26-30/h4-7,9-10,13-15,17H,8,11-12H2,1-3H3/t14-,15-,17-/m1/s1. The summed E-state index contributed by atoms with van der Waals surface area (Å²) in [5.74, 6) is 1.55. The summed E-state index contributed by atoms with van der Waals surface area (Å²) in [5.41, 5.74) is 2.48. The van der Waals surface area contributed by atoms with Crippen molar-refractivity contribution in [2.24, 2.45) is 11.1 Å². The highest BCUT2D eigenvalue weighted by Crippen LogP contribution is 2.34. The minimum absolute atomic E-state index is 0.0188. The van der Waals surface area contributed by atoms with Crippen molar-refractivity contribution in [3.8, 4) is 11.5 Å². The molecule has 0 radical (unpaired) electrons. The summed E-state index contributed by atoms with van der Waals surface area (Å²) in [6, 6.07) is 9.62. The van der Waals surface area contributed by atoms with Gasteiger partial charge in [0, 0.05) is 35.1 Å². The number of ether oxygens (including phenoxy) is 2. The molecule has 3 atom stereocenters. The number of benzene rings is 1. The van der Waals surface area contributed by atoms with E-state index in [0.717, 1.165) is 15.8 Å². The van der Waals surface area contributed by atoms with Crippen LogP contribution in [-0.4, -0.2) is 40.2 Å². The maximum Gasteiger partial charge on any atom is 0.223 e. The molecule has 1 fully saturated rings. The second-order valence-electron chi connectivity index (χ2n) is 8.06. The average Bonchev–Trinajstić information content (AvgIpc) is 3.37. The smallest absolute Gasteiger partial charge is 0.223 e. The summed E-state index contributed by atoms with van der Waals surface area (Å²) >= 11 is 3.48. The molecule has 1 aliphatic rings. The number of carbonyl (C=O) groups excluding carboxylic acids is 1. The molecule has 0 bridgehead atoms. The van der Waals surface area contributed by atoms with Crippen molar-refractivity contribution in [1.82, 2.24) is 14.5 Å². The molecule has 9 heteroatoms. The normalized spacial score (nSPS) is 18.1. The summed E-state index contributed by atoms with van der Waals surface area (Å²) < 4.78 is 14.0. The van der Waals surface area contributed by atoms with Crippen LogP contribution in [0.2, 0.25) is 0 Å². The first-order valence-corrected chi connectivity index (χ1v) is 11.3. The number of pyridine rings is 1. The van der Waals surface area contributed by atoms with Gasteiger partial charge in [-0.1, -0.05) is 17.3 Å². The molecule has 8 nitrogen and oxygen atoms in total. The molecule has 168 valence electrons. The number of nitrogens with zero attached hydrogens (tertiary/aromatic N) is 4.